The van der Waals surface area contributed by atoms with Crippen LogP contribution in [0.5, 0.6) is 23.0 Å². The van der Waals surface area contributed by atoms with Crippen LogP contribution in [0.3, 0.4) is 0 Å². The van der Waals surface area contributed by atoms with E-state index in [0.717, 1.165) is 18.6 Å². The van der Waals surface area contributed by atoms with Gasteiger partial charge in [0.05, 0.1) is 20.1 Å². The molecular weight excluding hydrogens is 396 g/mol. The number of anilines is 1. The molecule has 7 nitrogen and oxygen atoms in total. The molecule has 1 atom stereocenters. The molecule has 166 valence electrons. The van der Waals surface area contributed by atoms with Crippen molar-refractivity contribution in [1.29, 1.82) is 0 Å². The number of ether oxygens (including phenoxy) is 3. The monoisotopic (exact) mass is 426 g/mol. The summed E-state index contributed by atoms with van der Waals surface area (Å²) in [4.78, 5) is 27.0. The zero-order chi connectivity index (χ0) is 22.4. The highest BCUT2D eigenvalue weighted by atomic mass is 16.5. The van der Waals surface area contributed by atoms with Gasteiger partial charge in [-0.2, -0.15) is 0 Å². The summed E-state index contributed by atoms with van der Waals surface area (Å²) in [6.45, 7) is 4.93. The normalized spacial score (nSPS) is 16.0. The van der Waals surface area contributed by atoms with E-state index in [1.54, 1.807) is 61.6 Å². The Balaban J connectivity index is 1.70. The third-order valence-electron chi connectivity index (χ3n) is 5.32. The minimum Gasteiger partial charge on any atom is -0.497 e. The minimum absolute atomic E-state index is 0.0685. The zero-order valence-electron chi connectivity index (χ0n) is 18.5. The summed E-state index contributed by atoms with van der Waals surface area (Å²) in [5.74, 6) is 2.10. The Kier molecular flexibility index (Phi) is 7.39. The van der Waals surface area contributed by atoms with Crippen LogP contribution in [0.15, 0.2) is 42.5 Å². The highest BCUT2D eigenvalue weighted by molar-refractivity contribution is 5.93. The van der Waals surface area contributed by atoms with Crippen molar-refractivity contribution in [3.05, 3.63) is 42.5 Å². The second kappa shape index (κ2) is 10.2. The lowest BCUT2D eigenvalue weighted by Crippen LogP contribution is -2.45. The van der Waals surface area contributed by atoms with Gasteiger partial charge in [-0.1, -0.05) is 13.8 Å². The number of nitrogens with zero attached hydrogens (tertiary/aromatic N) is 1. The lowest BCUT2D eigenvalue weighted by Gasteiger charge is -2.33. The average Bonchev–Trinajstić information content (AvgIpc) is 2.79. The lowest BCUT2D eigenvalue weighted by atomic mass is 9.96. The van der Waals surface area contributed by atoms with Crippen LogP contribution >= 0.6 is 0 Å². The van der Waals surface area contributed by atoms with Gasteiger partial charge in [0.15, 0.2) is 11.5 Å². The summed E-state index contributed by atoms with van der Waals surface area (Å²) in [7, 11) is 3.17. The minimum atomic E-state index is -0.232. The van der Waals surface area contributed by atoms with Gasteiger partial charge >= 0.3 is 0 Å². The Labute approximate surface area is 183 Å². The molecule has 3 rings (SSSR count). The van der Waals surface area contributed by atoms with Crippen molar-refractivity contribution in [2.45, 2.75) is 26.7 Å². The second-order valence-electron chi connectivity index (χ2n) is 7.91. The van der Waals surface area contributed by atoms with Crippen molar-refractivity contribution >= 4 is 17.5 Å². The molecule has 0 spiro atoms. The van der Waals surface area contributed by atoms with Crippen molar-refractivity contribution < 1.29 is 23.8 Å². The first kappa shape index (κ1) is 22.5. The number of hydrogen-bond acceptors (Lipinski definition) is 5. The standard InChI is InChI=1S/C24H30N2O5/c1-16(2)24(28)26-13-5-6-17(15-26)23(27)25-18-7-12-21(30-4)22(14-18)31-20-10-8-19(29-3)9-11-20/h7-12,14,16-17H,5-6,13,15H2,1-4H3,(H,25,27). The molecule has 7 heteroatoms. The fourth-order valence-corrected chi connectivity index (χ4v) is 3.61. The number of hydrogen-bond donors (Lipinski definition) is 1. The van der Waals surface area contributed by atoms with E-state index in [-0.39, 0.29) is 23.7 Å². The molecule has 1 aliphatic rings. The van der Waals surface area contributed by atoms with Gasteiger partial charge in [0.25, 0.3) is 0 Å². The quantitative estimate of drug-likeness (QED) is 0.713. The molecule has 1 unspecified atom stereocenters. The Bertz CT molecular complexity index is 911. The Morgan fingerprint density at radius 3 is 2.35 bits per heavy atom. The van der Waals surface area contributed by atoms with Crippen LogP contribution < -0.4 is 19.5 Å². The van der Waals surface area contributed by atoms with Crippen LogP contribution in [0.1, 0.15) is 26.7 Å². The summed E-state index contributed by atoms with van der Waals surface area (Å²) >= 11 is 0. The molecule has 2 aromatic rings. The van der Waals surface area contributed by atoms with Gasteiger partial charge in [-0.05, 0) is 49.2 Å². The van der Waals surface area contributed by atoms with Crippen LogP contribution in [0.25, 0.3) is 0 Å². The third kappa shape index (κ3) is 5.69. The van der Waals surface area contributed by atoms with Crippen LogP contribution in [-0.2, 0) is 9.59 Å². The van der Waals surface area contributed by atoms with Crippen LogP contribution in [0.4, 0.5) is 5.69 Å². The van der Waals surface area contributed by atoms with Crippen molar-refractivity contribution in [3.8, 4) is 23.0 Å². The molecule has 31 heavy (non-hydrogen) atoms. The summed E-state index contributed by atoms with van der Waals surface area (Å²) in [5.41, 5.74) is 0.613. The number of carbonyl (C=O) groups is 2. The van der Waals surface area contributed by atoms with Crippen molar-refractivity contribution in [1.82, 2.24) is 4.90 Å². The maximum absolute atomic E-state index is 12.9. The molecule has 2 amide bonds. The summed E-state index contributed by atoms with van der Waals surface area (Å²) in [6, 6.07) is 12.5. The number of amides is 2. The smallest absolute Gasteiger partial charge is 0.229 e. The van der Waals surface area contributed by atoms with E-state index < -0.39 is 0 Å². The molecule has 1 saturated heterocycles. The molecule has 0 saturated carbocycles. The molecule has 0 aromatic heterocycles. The SMILES string of the molecule is COc1ccc(Oc2cc(NC(=O)C3CCCN(C(=O)C(C)C)C3)ccc2OC)cc1. The molecular formula is C24H30N2O5. The Morgan fingerprint density at radius 2 is 1.71 bits per heavy atom. The predicted molar refractivity (Wildman–Crippen MR) is 119 cm³/mol. The van der Waals surface area contributed by atoms with E-state index in [4.69, 9.17) is 14.2 Å². The Morgan fingerprint density at radius 1 is 1.00 bits per heavy atom. The van der Waals surface area contributed by atoms with Gasteiger partial charge in [-0.25, -0.2) is 0 Å². The van der Waals surface area contributed by atoms with Gasteiger partial charge in [0.2, 0.25) is 11.8 Å². The van der Waals surface area contributed by atoms with Gasteiger partial charge in [-0.3, -0.25) is 9.59 Å². The van der Waals surface area contributed by atoms with Gasteiger partial charge in [0, 0.05) is 30.8 Å². The molecule has 2 aromatic carbocycles. The molecule has 1 aliphatic heterocycles. The van der Waals surface area contributed by atoms with Crippen molar-refractivity contribution in [2.24, 2.45) is 11.8 Å². The van der Waals surface area contributed by atoms with Crippen molar-refractivity contribution in [3.63, 3.8) is 0 Å². The highest BCUT2D eigenvalue weighted by Crippen LogP contribution is 2.35. The van der Waals surface area contributed by atoms with Crippen LogP contribution in [-0.4, -0.2) is 44.0 Å². The second-order valence-corrected chi connectivity index (χ2v) is 7.91. The number of nitrogens with one attached hydrogen (secondary N) is 1. The highest BCUT2D eigenvalue weighted by Gasteiger charge is 2.29. The number of piperidine rings is 1. The van der Waals surface area contributed by atoms with E-state index in [2.05, 4.69) is 5.32 Å². The number of carbonyl (C=O) groups excluding carboxylic acids is 2. The van der Waals surface area contributed by atoms with E-state index in [1.165, 1.54) is 0 Å². The number of rotatable bonds is 7. The summed E-state index contributed by atoms with van der Waals surface area (Å²) in [6.07, 6.45) is 1.59. The lowest BCUT2D eigenvalue weighted by molar-refractivity contribution is -0.137. The van der Waals surface area contributed by atoms with E-state index in [0.29, 0.717) is 36.0 Å². The first-order chi connectivity index (χ1) is 14.9. The summed E-state index contributed by atoms with van der Waals surface area (Å²) < 4.78 is 16.5. The maximum Gasteiger partial charge on any atom is 0.229 e. The van der Waals surface area contributed by atoms with Gasteiger partial charge < -0.3 is 24.4 Å². The third-order valence-corrected chi connectivity index (χ3v) is 5.32. The van der Waals surface area contributed by atoms with Crippen LogP contribution in [0, 0.1) is 11.8 Å². The van der Waals surface area contributed by atoms with Gasteiger partial charge in [-0.15, -0.1) is 0 Å². The first-order valence-corrected chi connectivity index (χ1v) is 10.5. The van der Waals surface area contributed by atoms with E-state index in [1.807, 2.05) is 13.8 Å². The number of methoxy groups -OCH3 is 2. The molecule has 0 aliphatic carbocycles. The molecule has 0 bridgehead atoms. The van der Waals surface area contributed by atoms with Crippen LogP contribution in [0.2, 0.25) is 0 Å². The fourth-order valence-electron chi connectivity index (χ4n) is 3.61. The Hall–Kier alpha value is -3.22. The van der Waals surface area contributed by atoms with E-state index >= 15 is 0 Å². The zero-order valence-corrected chi connectivity index (χ0v) is 18.5. The summed E-state index contributed by atoms with van der Waals surface area (Å²) in [5, 5.41) is 2.96. The predicted octanol–water partition coefficient (Wildman–Crippen LogP) is 4.33. The largest absolute Gasteiger partial charge is 0.497 e. The van der Waals surface area contributed by atoms with Gasteiger partial charge in [0.1, 0.15) is 11.5 Å². The molecule has 0 radical (unpaired) electrons. The molecule has 1 fully saturated rings. The molecule has 1 heterocycles. The average molecular weight is 427 g/mol. The maximum atomic E-state index is 12.9. The van der Waals surface area contributed by atoms with Crippen molar-refractivity contribution in [2.75, 3.05) is 32.6 Å². The number of likely N-dealkylation sites (tertiary alicyclic amines) is 1. The first-order valence-electron chi connectivity index (χ1n) is 10.5. The fraction of sp³-hybridized carbons (Fsp3) is 0.417. The number of benzene rings is 2. The molecule has 1 N–H and O–H groups in total. The van der Waals surface area contributed by atoms with E-state index in [9.17, 15) is 9.59 Å². The topological polar surface area (TPSA) is 77.1 Å².